The fourth-order valence-corrected chi connectivity index (χ4v) is 9.27. The number of benzene rings is 5. The Labute approximate surface area is 310 Å². The van der Waals surface area contributed by atoms with Gasteiger partial charge in [0.1, 0.15) is 6.04 Å². The molecule has 0 aromatic heterocycles. The zero-order valence-electron chi connectivity index (χ0n) is 26.0. The van der Waals surface area contributed by atoms with Crippen molar-refractivity contribution >= 4 is 63.0 Å². The van der Waals surface area contributed by atoms with E-state index in [2.05, 4.69) is 33.9 Å². The fourth-order valence-electron chi connectivity index (χ4n) is 6.42. The van der Waals surface area contributed by atoms with Crippen molar-refractivity contribution in [2.75, 3.05) is 23.7 Å². The van der Waals surface area contributed by atoms with Gasteiger partial charge in [0.2, 0.25) is 10.0 Å². The van der Waals surface area contributed by atoms with Crippen LogP contribution in [0.3, 0.4) is 0 Å². The van der Waals surface area contributed by atoms with Crippen LogP contribution >= 0.6 is 11.8 Å². The van der Waals surface area contributed by atoms with E-state index in [-0.39, 0.29) is 40.2 Å². The summed E-state index contributed by atoms with van der Waals surface area (Å²) in [6.07, 6.45) is 2.06. The Morgan fingerprint density at radius 1 is 0.729 bits per heavy atom. The zero-order chi connectivity index (χ0) is 32.7. The molecule has 1 heterocycles. The second kappa shape index (κ2) is 16.4. The predicted molar refractivity (Wildman–Crippen MR) is 198 cm³/mol. The number of carbonyl (C=O) groups is 1. The molecule has 0 aliphatic carbocycles. The zero-order valence-corrected chi connectivity index (χ0v) is 27.6. The van der Waals surface area contributed by atoms with Gasteiger partial charge < -0.3 is 10.0 Å². The van der Waals surface area contributed by atoms with Gasteiger partial charge in [-0.2, -0.15) is 4.72 Å². The molecule has 2 N–H and O–H groups in total. The predicted octanol–water partition coefficient (Wildman–Crippen LogP) is 6.88. The van der Waals surface area contributed by atoms with Crippen LogP contribution in [-0.4, -0.2) is 73.9 Å². The molecule has 48 heavy (non-hydrogen) atoms. The average Bonchev–Trinajstić information content (AvgIpc) is 3.13. The van der Waals surface area contributed by atoms with Crippen molar-refractivity contribution in [3.8, 4) is 0 Å². The number of hydrogen-bond donors (Lipinski definition) is 2. The van der Waals surface area contributed by atoms with Crippen molar-refractivity contribution in [1.82, 2.24) is 4.72 Å². The molecule has 1 fully saturated rings. The molecule has 5 aromatic carbocycles. The quantitative estimate of drug-likeness (QED) is 0.110. The molecule has 1 aliphatic rings. The SMILES string of the molecule is O=C(O)[C@H](CSC(c1ccccc1)(c1ccccc1)c1ccccc1)NS(=O)(=O)c1ccc(N2CCC(c3ccccc3)CC2)cc1.[NaH]. The molecule has 5 aromatic rings. The Morgan fingerprint density at radius 2 is 1.17 bits per heavy atom. The van der Waals surface area contributed by atoms with Crippen LogP contribution in [-0.2, 0) is 19.6 Å². The molecule has 0 amide bonds. The number of anilines is 1. The molecule has 0 unspecified atom stereocenters. The summed E-state index contributed by atoms with van der Waals surface area (Å²) >= 11 is 1.41. The first kappa shape index (κ1) is 35.9. The molecule has 6 rings (SSSR count). The van der Waals surface area contributed by atoms with Crippen LogP contribution in [0.2, 0.25) is 0 Å². The van der Waals surface area contributed by atoms with E-state index in [9.17, 15) is 18.3 Å². The maximum absolute atomic E-state index is 13.6. The summed E-state index contributed by atoms with van der Waals surface area (Å²) in [5, 5.41) is 10.3. The molecular formula is C39H39N2NaO4S2. The van der Waals surface area contributed by atoms with Crippen molar-refractivity contribution in [3.05, 3.63) is 168 Å². The number of carboxylic acids is 1. The molecule has 0 bridgehead atoms. The minimum absolute atomic E-state index is 0. The number of aliphatic carboxylic acids is 1. The molecular weight excluding hydrogens is 648 g/mol. The molecule has 1 aliphatic heterocycles. The normalized spacial score (nSPS) is 14.5. The van der Waals surface area contributed by atoms with Gasteiger partial charge in [-0.25, -0.2) is 8.42 Å². The number of thioether (sulfide) groups is 1. The van der Waals surface area contributed by atoms with Crippen molar-refractivity contribution in [3.63, 3.8) is 0 Å². The summed E-state index contributed by atoms with van der Waals surface area (Å²) in [6, 6.07) is 45.7. The molecule has 6 nitrogen and oxygen atoms in total. The number of hydrogen-bond acceptors (Lipinski definition) is 5. The maximum atomic E-state index is 13.6. The molecule has 9 heteroatoms. The third kappa shape index (κ3) is 8.08. The number of rotatable bonds is 12. The Kier molecular flexibility index (Phi) is 12.2. The summed E-state index contributed by atoms with van der Waals surface area (Å²) < 4.78 is 28.9. The standard InChI is InChI=1S/C39H38N2O4S2.Na.H/c42-38(43)37(29-46-39(32-15-7-2-8-16-32,33-17-9-3-10-18-33)34-19-11-4-12-20-34)40-47(44,45)36-23-21-35(22-24-36)41-27-25-31(26-28-41)30-13-5-1-6-14-30;;/h1-24,31,37,40H,25-29H2,(H,42,43);;/t37-;;/m0../s1. The van der Waals surface area contributed by atoms with Crippen LogP contribution in [0.5, 0.6) is 0 Å². The minimum atomic E-state index is -4.12. The summed E-state index contributed by atoms with van der Waals surface area (Å²) in [7, 11) is -4.12. The van der Waals surface area contributed by atoms with Gasteiger partial charge in [-0.05, 0) is 65.3 Å². The molecule has 0 saturated carbocycles. The van der Waals surface area contributed by atoms with E-state index in [0.29, 0.717) is 5.92 Å². The summed E-state index contributed by atoms with van der Waals surface area (Å²) in [5.41, 5.74) is 5.23. The Morgan fingerprint density at radius 3 is 1.60 bits per heavy atom. The van der Waals surface area contributed by atoms with Gasteiger partial charge in [0.15, 0.2) is 0 Å². The second-order valence-electron chi connectivity index (χ2n) is 11.8. The number of nitrogens with one attached hydrogen (secondary N) is 1. The molecule has 1 saturated heterocycles. The average molecular weight is 687 g/mol. The van der Waals surface area contributed by atoms with Crippen LogP contribution in [0.4, 0.5) is 5.69 Å². The van der Waals surface area contributed by atoms with Gasteiger partial charge in [0, 0.05) is 24.5 Å². The van der Waals surface area contributed by atoms with E-state index in [1.165, 1.54) is 17.3 Å². The number of piperidine rings is 1. The third-order valence-corrected chi connectivity index (χ3v) is 12.0. The van der Waals surface area contributed by atoms with E-state index in [0.717, 1.165) is 48.3 Å². The van der Waals surface area contributed by atoms with E-state index in [4.69, 9.17) is 0 Å². The van der Waals surface area contributed by atoms with Crippen LogP contribution in [0.15, 0.2) is 150 Å². The number of nitrogens with zero attached hydrogens (tertiary/aromatic N) is 1. The Hall–Kier alpha value is -3.37. The molecule has 242 valence electrons. The van der Waals surface area contributed by atoms with Crippen LogP contribution in [0, 0.1) is 0 Å². The van der Waals surface area contributed by atoms with Crippen LogP contribution in [0.1, 0.15) is 41.0 Å². The molecule has 1 atom stereocenters. The third-order valence-electron chi connectivity index (χ3n) is 8.88. The topological polar surface area (TPSA) is 86.7 Å². The molecule has 0 radical (unpaired) electrons. The van der Waals surface area contributed by atoms with E-state index >= 15 is 0 Å². The van der Waals surface area contributed by atoms with Crippen LogP contribution in [0.25, 0.3) is 0 Å². The monoisotopic (exact) mass is 686 g/mol. The van der Waals surface area contributed by atoms with Crippen molar-refractivity contribution in [2.45, 2.75) is 34.4 Å². The van der Waals surface area contributed by atoms with E-state index in [1.807, 2.05) is 109 Å². The van der Waals surface area contributed by atoms with Gasteiger partial charge in [-0.3, -0.25) is 4.79 Å². The number of sulfonamides is 1. The van der Waals surface area contributed by atoms with Gasteiger partial charge in [0.05, 0.1) is 9.64 Å². The number of carboxylic acid groups (broad SMARTS) is 1. The van der Waals surface area contributed by atoms with Crippen molar-refractivity contribution in [1.29, 1.82) is 0 Å². The van der Waals surface area contributed by atoms with E-state index < -0.39 is 26.8 Å². The van der Waals surface area contributed by atoms with Gasteiger partial charge in [0.25, 0.3) is 0 Å². The summed E-state index contributed by atoms with van der Waals surface area (Å²) in [5.74, 6) is -0.726. The Bertz CT molecular complexity index is 1760. The van der Waals surface area contributed by atoms with Gasteiger partial charge in [-0.15, -0.1) is 11.8 Å². The summed E-state index contributed by atoms with van der Waals surface area (Å²) in [4.78, 5) is 14.9. The van der Waals surface area contributed by atoms with E-state index in [1.54, 1.807) is 12.1 Å². The van der Waals surface area contributed by atoms with Crippen molar-refractivity contribution in [2.24, 2.45) is 0 Å². The van der Waals surface area contributed by atoms with Gasteiger partial charge in [-0.1, -0.05) is 121 Å². The first-order chi connectivity index (χ1) is 22.9. The summed E-state index contributed by atoms with van der Waals surface area (Å²) in [6.45, 7) is 1.77. The fraction of sp³-hybridized carbons (Fsp3) is 0.205. The molecule has 0 spiro atoms. The van der Waals surface area contributed by atoms with Gasteiger partial charge >= 0.3 is 35.5 Å². The van der Waals surface area contributed by atoms with Crippen molar-refractivity contribution < 1.29 is 18.3 Å². The second-order valence-corrected chi connectivity index (χ2v) is 14.7. The van der Waals surface area contributed by atoms with Crippen LogP contribution < -0.4 is 9.62 Å². The first-order valence-corrected chi connectivity index (χ1v) is 18.3. The Balaban J connectivity index is 0.00000451. The first-order valence-electron chi connectivity index (χ1n) is 15.8.